The number of ether oxygens (including phenoxy) is 1. The molecule has 0 spiro atoms. The molecule has 0 saturated carbocycles. The van der Waals surface area contributed by atoms with Crippen LogP contribution in [0.4, 0.5) is 14.5 Å². The largest absolute Gasteiger partial charge is 0.459 e. The first-order valence-corrected chi connectivity index (χ1v) is 18.2. The first-order chi connectivity index (χ1) is 24.9. The van der Waals surface area contributed by atoms with Crippen molar-refractivity contribution in [1.29, 1.82) is 0 Å². The number of nitrogens with one attached hydrogen (secondary N) is 1. The number of fused-ring (bicyclic) bond motifs is 1. The van der Waals surface area contributed by atoms with Crippen LogP contribution in [0.3, 0.4) is 0 Å². The van der Waals surface area contributed by atoms with E-state index in [-0.39, 0.29) is 58.7 Å². The fourth-order valence-electron chi connectivity index (χ4n) is 6.34. The van der Waals surface area contributed by atoms with Crippen LogP contribution in [0.15, 0.2) is 95.4 Å². The van der Waals surface area contributed by atoms with E-state index in [1.54, 1.807) is 36.4 Å². The maximum Gasteiger partial charge on any atom is 0.329 e. The van der Waals surface area contributed by atoms with Gasteiger partial charge in [0.2, 0.25) is 10.0 Å². The van der Waals surface area contributed by atoms with Gasteiger partial charge in [0.15, 0.2) is 0 Å². The van der Waals surface area contributed by atoms with Crippen LogP contribution in [0.1, 0.15) is 32.7 Å². The molecular weight excluding hydrogens is 696 g/mol. The quantitative estimate of drug-likeness (QED) is 0.174. The van der Waals surface area contributed by atoms with E-state index in [1.165, 1.54) is 60.5 Å². The molecule has 6 rings (SSSR count). The predicted molar refractivity (Wildman–Crippen MR) is 190 cm³/mol. The second kappa shape index (κ2) is 14.9. The molecule has 2 amide bonds. The third kappa shape index (κ3) is 7.39. The van der Waals surface area contributed by atoms with Crippen LogP contribution in [-0.2, 0) is 26.2 Å². The molecule has 52 heavy (non-hydrogen) atoms. The van der Waals surface area contributed by atoms with Crippen LogP contribution in [-0.4, -0.2) is 81.4 Å². The monoisotopic (exact) mass is 731 g/mol. The van der Waals surface area contributed by atoms with Gasteiger partial charge in [-0.2, -0.15) is 0 Å². The lowest BCUT2D eigenvalue weighted by atomic mass is 9.97. The number of hydrogen-bond acceptors (Lipinski definition) is 8. The Kier molecular flexibility index (Phi) is 10.4. The van der Waals surface area contributed by atoms with Gasteiger partial charge in [0.1, 0.15) is 36.5 Å². The number of rotatable bonds is 11. The Bertz CT molecular complexity index is 2240. The summed E-state index contributed by atoms with van der Waals surface area (Å²) in [4.78, 5) is 41.7. The van der Waals surface area contributed by atoms with Crippen LogP contribution in [0.5, 0.6) is 0 Å². The summed E-state index contributed by atoms with van der Waals surface area (Å²) < 4.78 is 66.3. The molecular formula is C38H35F2N3O8S. The van der Waals surface area contributed by atoms with E-state index >= 15 is 0 Å². The summed E-state index contributed by atoms with van der Waals surface area (Å²) in [7, 11) is -2.65. The Hall–Kier alpha value is -5.60. The van der Waals surface area contributed by atoms with E-state index < -0.39 is 59.0 Å². The number of esters is 1. The maximum absolute atomic E-state index is 14.0. The van der Waals surface area contributed by atoms with Crippen molar-refractivity contribution in [3.63, 3.8) is 0 Å². The molecule has 1 saturated heterocycles. The minimum absolute atomic E-state index is 0.0130. The van der Waals surface area contributed by atoms with Crippen LogP contribution in [0.2, 0.25) is 0 Å². The fraction of sp³-hybridized carbons (Fsp3) is 0.237. The zero-order valence-electron chi connectivity index (χ0n) is 28.2. The van der Waals surface area contributed by atoms with Crippen LogP contribution >= 0.6 is 0 Å². The summed E-state index contributed by atoms with van der Waals surface area (Å²) in [6.45, 7) is -1.70. The predicted octanol–water partition coefficient (Wildman–Crippen LogP) is 5.32. The Labute approximate surface area is 298 Å². The topological polar surface area (TPSA) is 146 Å². The number of amides is 2. The Morgan fingerprint density at radius 3 is 2.40 bits per heavy atom. The number of aliphatic hydroxyl groups is 1. The summed E-state index contributed by atoms with van der Waals surface area (Å²) in [5.41, 5.74) is 1.98. The number of nitrogens with zero attached hydrogens (tertiary/aromatic N) is 2. The highest BCUT2D eigenvalue weighted by molar-refractivity contribution is 7.92. The van der Waals surface area contributed by atoms with Gasteiger partial charge in [0.05, 0.1) is 30.2 Å². The van der Waals surface area contributed by atoms with E-state index in [4.69, 9.17) is 9.15 Å². The molecule has 0 radical (unpaired) electrons. The number of likely N-dealkylation sites (tertiary alicyclic amines) is 1. The normalized spacial score (nSPS) is 15.8. The summed E-state index contributed by atoms with van der Waals surface area (Å²) in [5.74, 6) is -2.21. The number of benzene rings is 4. The van der Waals surface area contributed by atoms with Gasteiger partial charge in [0, 0.05) is 48.2 Å². The van der Waals surface area contributed by atoms with Crippen molar-refractivity contribution in [2.24, 2.45) is 0 Å². The highest BCUT2D eigenvalue weighted by atomic mass is 32.2. The third-order valence-electron chi connectivity index (χ3n) is 8.78. The van der Waals surface area contributed by atoms with Crippen LogP contribution < -0.4 is 9.62 Å². The minimum atomic E-state index is -4.07. The van der Waals surface area contributed by atoms with Gasteiger partial charge >= 0.3 is 5.97 Å². The van der Waals surface area contributed by atoms with E-state index in [0.717, 1.165) is 16.1 Å². The van der Waals surface area contributed by atoms with Gasteiger partial charge in [-0.15, -0.1) is 0 Å². The molecule has 1 aliphatic heterocycles. The number of sulfonamides is 1. The lowest BCUT2D eigenvalue weighted by molar-refractivity contribution is -0.149. The fourth-order valence-corrected chi connectivity index (χ4v) is 7.25. The average Bonchev–Trinajstić information content (AvgIpc) is 3.72. The van der Waals surface area contributed by atoms with Crippen LogP contribution in [0.25, 0.3) is 33.4 Å². The standard InChI is InChI=1S/C38H35F2N3O8S/c1-41-36(45)34-30-19-29(31(43(16-15-39)52(2,48)49)20-33(30)51-35(34)24-11-13-27(40)14-12-24)25-9-6-10-26(17-25)37(46)42-21-28(44)18-32(42)38(47)50-22-23-7-4-3-5-8-23/h3-14,17,19-20,28,32,44H,15-16,18,21-22H2,1-2H3,(H,41,45)/t28?,32-/m0/s1. The highest BCUT2D eigenvalue weighted by Gasteiger charge is 2.40. The van der Waals surface area contributed by atoms with Crippen molar-refractivity contribution >= 4 is 44.5 Å². The van der Waals surface area contributed by atoms with Gasteiger partial charge in [-0.25, -0.2) is 22.0 Å². The van der Waals surface area contributed by atoms with E-state index in [9.17, 15) is 36.7 Å². The van der Waals surface area contributed by atoms with Gasteiger partial charge in [-0.3, -0.25) is 13.9 Å². The molecule has 1 aliphatic rings. The minimum Gasteiger partial charge on any atom is -0.459 e. The van der Waals surface area contributed by atoms with Crippen molar-refractivity contribution < 1.29 is 45.8 Å². The number of aliphatic hydroxyl groups excluding tert-OH is 1. The molecule has 11 nitrogen and oxygen atoms in total. The molecule has 2 N–H and O–H groups in total. The number of alkyl halides is 1. The smallest absolute Gasteiger partial charge is 0.329 e. The number of halogens is 2. The molecule has 2 heterocycles. The number of β-amino-alcohol motifs (C(OH)–C–C–N with tert-alkyl or cyclic N) is 1. The second-order valence-electron chi connectivity index (χ2n) is 12.3. The molecule has 14 heteroatoms. The number of furan rings is 1. The van der Waals surface area contributed by atoms with Crippen molar-refractivity contribution in [2.45, 2.75) is 25.2 Å². The number of anilines is 1. The van der Waals surface area contributed by atoms with Gasteiger partial charge in [-0.1, -0.05) is 42.5 Å². The molecule has 0 aliphatic carbocycles. The van der Waals surface area contributed by atoms with E-state index in [0.29, 0.717) is 11.1 Å². The zero-order chi connectivity index (χ0) is 37.2. The molecule has 0 bridgehead atoms. The second-order valence-corrected chi connectivity index (χ2v) is 14.2. The SMILES string of the molecule is CNC(=O)c1c(-c2ccc(F)cc2)oc2cc(N(CCF)S(C)(=O)=O)c(-c3cccc(C(=O)N4CC(O)C[C@H]4C(=O)OCc4ccccc4)c3)cc12. The lowest BCUT2D eigenvalue weighted by Crippen LogP contribution is -2.41. The van der Waals surface area contributed by atoms with Gasteiger partial charge in [0.25, 0.3) is 11.8 Å². The Morgan fingerprint density at radius 2 is 1.73 bits per heavy atom. The van der Waals surface area contributed by atoms with Crippen LogP contribution in [0, 0.1) is 5.82 Å². The molecule has 1 aromatic heterocycles. The van der Waals surface area contributed by atoms with E-state index in [2.05, 4.69) is 5.32 Å². The molecule has 1 unspecified atom stereocenters. The van der Waals surface area contributed by atoms with Gasteiger partial charge < -0.3 is 24.5 Å². The number of hydrogen-bond donors (Lipinski definition) is 2. The Balaban J connectivity index is 1.45. The first-order valence-electron chi connectivity index (χ1n) is 16.3. The number of carbonyl (C=O) groups excluding carboxylic acids is 3. The lowest BCUT2D eigenvalue weighted by Gasteiger charge is -2.25. The van der Waals surface area contributed by atoms with Crippen molar-refractivity contribution in [3.05, 3.63) is 114 Å². The average molecular weight is 732 g/mol. The summed E-state index contributed by atoms with van der Waals surface area (Å²) >= 11 is 0. The summed E-state index contributed by atoms with van der Waals surface area (Å²) in [6, 6.07) is 22.3. The first kappa shape index (κ1) is 36.2. The molecule has 270 valence electrons. The third-order valence-corrected chi connectivity index (χ3v) is 9.96. The van der Waals surface area contributed by atoms with Crippen molar-refractivity contribution in [2.75, 3.05) is 37.4 Å². The molecule has 5 aromatic rings. The maximum atomic E-state index is 14.0. The summed E-state index contributed by atoms with van der Waals surface area (Å²) in [5, 5.41) is 13.3. The highest BCUT2D eigenvalue weighted by Crippen LogP contribution is 2.42. The summed E-state index contributed by atoms with van der Waals surface area (Å²) in [6.07, 6.45) is -0.0705. The Morgan fingerprint density at radius 1 is 1.00 bits per heavy atom. The number of carbonyl (C=O) groups is 3. The van der Waals surface area contributed by atoms with E-state index in [1.807, 2.05) is 6.07 Å². The zero-order valence-corrected chi connectivity index (χ0v) is 29.0. The van der Waals surface area contributed by atoms with Crippen molar-refractivity contribution in [3.8, 4) is 22.5 Å². The molecule has 2 atom stereocenters. The molecule has 1 fully saturated rings. The van der Waals surface area contributed by atoms with Gasteiger partial charge in [-0.05, 0) is 53.6 Å². The van der Waals surface area contributed by atoms with Crippen molar-refractivity contribution in [1.82, 2.24) is 10.2 Å². The molecule has 4 aromatic carbocycles.